The maximum atomic E-state index is 12.1. The number of nitrogens with zero attached hydrogens (tertiary/aromatic N) is 1. The van der Waals surface area contributed by atoms with Gasteiger partial charge in [-0.1, -0.05) is 52.0 Å². The molecule has 6 heteroatoms. The van der Waals surface area contributed by atoms with Gasteiger partial charge >= 0.3 is 6.09 Å². The Morgan fingerprint density at radius 3 is 2.65 bits per heavy atom. The number of nitrogens with one attached hydrogen (secondary N) is 1. The van der Waals surface area contributed by atoms with Gasteiger partial charge < -0.3 is 4.74 Å². The average molecular weight is 429 g/mol. The van der Waals surface area contributed by atoms with Gasteiger partial charge in [-0.2, -0.15) is 0 Å². The van der Waals surface area contributed by atoms with Crippen molar-refractivity contribution in [3.8, 4) is 0 Å². The highest BCUT2D eigenvalue weighted by atomic mass is 79.9. The monoisotopic (exact) mass is 428 g/mol. The Morgan fingerprint density at radius 2 is 1.88 bits per heavy atom. The van der Waals surface area contributed by atoms with Crippen molar-refractivity contribution in [3.63, 3.8) is 0 Å². The van der Waals surface area contributed by atoms with Crippen LogP contribution in [0.1, 0.15) is 11.1 Å². The van der Waals surface area contributed by atoms with Gasteiger partial charge in [-0.3, -0.25) is 5.32 Å². The number of aryl methyl sites for hydroxylation is 1. The summed E-state index contributed by atoms with van der Waals surface area (Å²) in [7, 11) is 0. The van der Waals surface area contributed by atoms with Crippen molar-refractivity contribution in [2.75, 3.05) is 5.32 Å². The lowest BCUT2D eigenvalue weighted by Gasteiger charge is -2.11. The van der Waals surface area contributed by atoms with Crippen molar-refractivity contribution >= 4 is 39.5 Å². The highest BCUT2D eigenvalue weighted by Gasteiger charge is 2.10. The first-order chi connectivity index (χ1) is 12.6. The lowest BCUT2D eigenvalue weighted by Crippen LogP contribution is -2.14. The third kappa shape index (κ3) is 5.09. The third-order valence-electron chi connectivity index (χ3n) is 3.62. The molecule has 0 saturated heterocycles. The van der Waals surface area contributed by atoms with Gasteiger partial charge in [0.2, 0.25) is 0 Å². The molecule has 1 heterocycles. The molecule has 0 unspecified atom stereocenters. The van der Waals surface area contributed by atoms with E-state index < -0.39 is 6.09 Å². The lowest BCUT2D eigenvalue weighted by atomic mass is 10.2. The molecule has 132 valence electrons. The minimum atomic E-state index is -0.484. The Bertz CT molecular complexity index is 900. The van der Waals surface area contributed by atoms with Gasteiger partial charge in [0.05, 0.1) is 0 Å². The minimum Gasteiger partial charge on any atom is -0.444 e. The molecule has 1 amide bonds. The first kappa shape index (κ1) is 18.5. The van der Waals surface area contributed by atoms with Crippen LogP contribution >= 0.6 is 27.7 Å². The molecule has 1 N–H and O–H groups in total. The van der Waals surface area contributed by atoms with Gasteiger partial charge in [-0.25, -0.2) is 9.78 Å². The van der Waals surface area contributed by atoms with E-state index in [1.165, 1.54) is 11.8 Å². The van der Waals surface area contributed by atoms with E-state index in [0.717, 1.165) is 31.2 Å². The number of pyridine rings is 1. The third-order valence-corrected chi connectivity index (χ3v) is 5.22. The smallest absolute Gasteiger partial charge is 0.411 e. The van der Waals surface area contributed by atoms with Crippen LogP contribution in [0.5, 0.6) is 0 Å². The number of aromatic nitrogens is 1. The van der Waals surface area contributed by atoms with Crippen LogP contribution in [-0.2, 0) is 11.3 Å². The van der Waals surface area contributed by atoms with Crippen molar-refractivity contribution in [3.05, 3.63) is 82.5 Å². The summed E-state index contributed by atoms with van der Waals surface area (Å²) in [6.07, 6.45) is 1.25. The number of amides is 1. The van der Waals surface area contributed by atoms with Crippen LogP contribution in [0.15, 0.2) is 81.3 Å². The molecule has 3 aromatic rings. The Balaban J connectivity index is 1.64. The fourth-order valence-electron chi connectivity index (χ4n) is 2.24. The Labute approximate surface area is 165 Å². The Hall–Kier alpha value is -2.31. The Morgan fingerprint density at radius 1 is 1.12 bits per heavy atom. The molecule has 2 aromatic carbocycles. The van der Waals surface area contributed by atoms with Crippen LogP contribution < -0.4 is 5.32 Å². The normalized spacial score (nSPS) is 10.4. The predicted molar refractivity (Wildman–Crippen MR) is 107 cm³/mol. The number of hydrogen-bond acceptors (Lipinski definition) is 4. The molecule has 0 bridgehead atoms. The molecule has 0 fully saturated rings. The number of ether oxygens (including phenoxy) is 1. The summed E-state index contributed by atoms with van der Waals surface area (Å²) in [5, 5.41) is 3.58. The summed E-state index contributed by atoms with van der Waals surface area (Å²) in [5.41, 5.74) is 2.59. The number of benzene rings is 2. The van der Waals surface area contributed by atoms with E-state index in [9.17, 15) is 4.79 Å². The second-order valence-electron chi connectivity index (χ2n) is 5.54. The van der Waals surface area contributed by atoms with Gasteiger partial charge in [0.1, 0.15) is 11.6 Å². The summed E-state index contributed by atoms with van der Waals surface area (Å²) in [4.78, 5) is 17.6. The van der Waals surface area contributed by atoms with Gasteiger partial charge in [0, 0.05) is 26.8 Å². The number of anilines is 1. The standard InChI is InChI=1S/C20H17BrN2O2S/c1-14-5-2-3-7-18(14)23-20(24)25-13-15-6-4-12-22-19(15)26-17-10-8-16(21)9-11-17/h2-12H,13H2,1H3,(H,23,24). The van der Waals surface area contributed by atoms with Crippen molar-refractivity contribution < 1.29 is 9.53 Å². The molecular weight excluding hydrogens is 412 g/mol. The minimum absolute atomic E-state index is 0.157. The number of hydrogen-bond donors (Lipinski definition) is 1. The highest BCUT2D eigenvalue weighted by molar-refractivity contribution is 9.10. The molecule has 0 saturated carbocycles. The fraction of sp³-hybridized carbons (Fsp3) is 0.100. The first-order valence-corrected chi connectivity index (χ1v) is 9.59. The van der Waals surface area contributed by atoms with Crippen LogP contribution in [0.2, 0.25) is 0 Å². The second kappa shape index (κ2) is 8.87. The van der Waals surface area contributed by atoms with Crippen LogP contribution in [0, 0.1) is 6.92 Å². The molecule has 0 spiro atoms. The molecule has 0 aliphatic heterocycles. The average Bonchev–Trinajstić information content (AvgIpc) is 2.65. The maximum absolute atomic E-state index is 12.1. The summed E-state index contributed by atoms with van der Waals surface area (Å²) in [5.74, 6) is 0. The molecule has 0 radical (unpaired) electrons. The SMILES string of the molecule is Cc1ccccc1NC(=O)OCc1cccnc1Sc1ccc(Br)cc1. The van der Waals surface area contributed by atoms with E-state index >= 15 is 0 Å². The molecule has 0 aliphatic carbocycles. The van der Waals surface area contributed by atoms with Crippen LogP contribution in [0.3, 0.4) is 0 Å². The largest absolute Gasteiger partial charge is 0.444 e. The highest BCUT2D eigenvalue weighted by Crippen LogP contribution is 2.30. The zero-order chi connectivity index (χ0) is 18.4. The topological polar surface area (TPSA) is 51.2 Å². The predicted octanol–water partition coefficient (Wildman–Crippen LogP) is 6.05. The molecule has 26 heavy (non-hydrogen) atoms. The molecule has 4 nitrogen and oxygen atoms in total. The van der Waals surface area contributed by atoms with Crippen molar-refractivity contribution in [2.24, 2.45) is 0 Å². The maximum Gasteiger partial charge on any atom is 0.411 e. The molecular formula is C20H17BrN2O2S. The van der Waals surface area contributed by atoms with Gasteiger partial charge in [0.25, 0.3) is 0 Å². The lowest BCUT2D eigenvalue weighted by molar-refractivity contribution is 0.154. The number of carbonyl (C=O) groups excluding carboxylic acids is 1. The van der Waals surface area contributed by atoms with E-state index in [2.05, 4.69) is 26.2 Å². The second-order valence-corrected chi connectivity index (χ2v) is 7.52. The number of para-hydroxylation sites is 1. The quantitative estimate of drug-likeness (QED) is 0.536. The molecule has 1 aromatic heterocycles. The summed E-state index contributed by atoms with van der Waals surface area (Å²) in [6.45, 7) is 2.09. The van der Waals surface area contributed by atoms with Crippen LogP contribution in [0.4, 0.5) is 10.5 Å². The number of rotatable bonds is 5. The van der Waals surface area contributed by atoms with Crippen LogP contribution in [0.25, 0.3) is 0 Å². The Kier molecular flexibility index (Phi) is 6.30. The van der Waals surface area contributed by atoms with E-state index in [4.69, 9.17) is 4.74 Å². The van der Waals surface area contributed by atoms with E-state index in [1.54, 1.807) is 6.20 Å². The molecule has 0 atom stereocenters. The van der Waals surface area contributed by atoms with Crippen molar-refractivity contribution in [2.45, 2.75) is 23.5 Å². The zero-order valence-corrected chi connectivity index (χ0v) is 16.5. The zero-order valence-electron chi connectivity index (χ0n) is 14.1. The van der Waals surface area contributed by atoms with E-state index in [1.807, 2.05) is 67.6 Å². The van der Waals surface area contributed by atoms with Gasteiger partial charge in [-0.05, 0) is 48.9 Å². The molecule has 0 aliphatic rings. The van der Waals surface area contributed by atoms with Crippen LogP contribution in [-0.4, -0.2) is 11.1 Å². The fourth-order valence-corrected chi connectivity index (χ4v) is 3.37. The summed E-state index contributed by atoms with van der Waals surface area (Å²) < 4.78 is 6.40. The summed E-state index contributed by atoms with van der Waals surface area (Å²) in [6, 6.07) is 19.3. The number of carbonyl (C=O) groups is 1. The van der Waals surface area contributed by atoms with E-state index in [0.29, 0.717) is 0 Å². The number of halogens is 1. The van der Waals surface area contributed by atoms with E-state index in [-0.39, 0.29) is 6.61 Å². The van der Waals surface area contributed by atoms with Crippen molar-refractivity contribution in [1.29, 1.82) is 0 Å². The molecule has 3 rings (SSSR count). The van der Waals surface area contributed by atoms with Gasteiger partial charge in [-0.15, -0.1) is 0 Å². The van der Waals surface area contributed by atoms with Gasteiger partial charge in [0.15, 0.2) is 0 Å². The van der Waals surface area contributed by atoms with Crippen molar-refractivity contribution in [1.82, 2.24) is 4.98 Å². The summed E-state index contributed by atoms with van der Waals surface area (Å²) >= 11 is 4.97. The first-order valence-electron chi connectivity index (χ1n) is 7.98.